The quantitative estimate of drug-likeness (QED) is 0.491. The van der Waals surface area contributed by atoms with Crippen molar-refractivity contribution < 1.29 is 9.53 Å². The van der Waals surface area contributed by atoms with Gasteiger partial charge in [0.1, 0.15) is 0 Å². The van der Waals surface area contributed by atoms with E-state index < -0.39 is 5.91 Å². The Kier molecular flexibility index (Phi) is 5.34. The average Bonchev–Trinajstić information content (AvgIpc) is 3.09. The third-order valence-corrected chi connectivity index (χ3v) is 4.84. The van der Waals surface area contributed by atoms with Crippen LogP contribution in [0.15, 0.2) is 60.8 Å². The number of fused-ring (bicyclic) bond motifs is 1. The van der Waals surface area contributed by atoms with Crippen LogP contribution in [0.3, 0.4) is 0 Å². The lowest BCUT2D eigenvalue weighted by molar-refractivity contribution is 0.100. The highest BCUT2D eigenvalue weighted by Gasteiger charge is 2.16. The number of nitrogens with one attached hydrogen (secondary N) is 1. The van der Waals surface area contributed by atoms with E-state index in [1.807, 2.05) is 66.9 Å². The van der Waals surface area contributed by atoms with Crippen LogP contribution in [0.25, 0.3) is 16.9 Å². The molecule has 7 heteroatoms. The van der Waals surface area contributed by atoms with Crippen molar-refractivity contribution in [2.45, 2.75) is 20.4 Å². The van der Waals surface area contributed by atoms with Gasteiger partial charge in [0, 0.05) is 23.2 Å². The predicted octanol–water partition coefficient (Wildman–Crippen LogP) is 3.84. The first-order valence-corrected chi connectivity index (χ1v) is 9.77. The maximum Gasteiger partial charge on any atom is 0.249 e. The Bertz CT molecular complexity index is 1200. The summed E-state index contributed by atoms with van der Waals surface area (Å²) in [6.45, 7) is 4.98. The van der Waals surface area contributed by atoms with E-state index in [0.717, 1.165) is 22.2 Å². The molecule has 0 aliphatic heterocycles. The van der Waals surface area contributed by atoms with E-state index in [1.165, 1.54) is 0 Å². The normalized spacial score (nSPS) is 10.9. The first-order valence-electron chi connectivity index (χ1n) is 9.77. The number of carbonyl (C=O) groups is 1. The summed E-state index contributed by atoms with van der Waals surface area (Å²) in [5, 5.41) is 4.13. The first kappa shape index (κ1) is 19.4. The minimum atomic E-state index is -0.462. The molecule has 0 saturated carbocycles. The molecule has 0 unspecified atom stereocenters. The molecule has 4 aromatic rings. The molecule has 152 valence electrons. The van der Waals surface area contributed by atoms with Crippen molar-refractivity contribution >= 4 is 22.6 Å². The van der Waals surface area contributed by atoms with Gasteiger partial charge in [0.25, 0.3) is 0 Å². The lowest BCUT2D eigenvalue weighted by Crippen LogP contribution is -2.11. The fraction of sp³-hybridized carbons (Fsp3) is 0.174. The molecule has 7 nitrogen and oxygen atoms in total. The number of benzene rings is 2. The van der Waals surface area contributed by atoms with Crippen molar-refractivity contribution in [3.05, 3.63) is 77.6 Å². The second-order valence-electron chi connectivity index (χ2n) is 6.88. The molecule has 30 heavy (non-hydrogen) atoms. The summed E-state index contributed by atoms with van der Waals surface area (Å²) in [4.78, 5) is 21.1. The molecule has 1 amide bonds. The molecule has 0 radical (unpaired) electrons. The highest BCUT2D eigenvalue weighted by Crippen LogP contribution is 2.28. The lowest BCUT2D eigenvalue weighted by Gasteiger charge is -2.14. The van der Waals surface area contributed by atoms with Gasteiger partial charge >= 0.3 is 0 Å². The number of ether oxygens (including phenoxy) is 1. The molecule has 0 atom stereocenters. The third-order valence-electron chi connectivity index (χ3n) is 4.84. The standard InChI is InChI=1S/C23H23N5O2/c1-3-30-20-14-26-23(27-22(20)25-13-16-8-5-4-6-9-16)28-15(2)12-18-17(21(24)29)10-7-11-19(18)28/h4-12,14H,3,13H2,1-2H3,(H2,24,29)(H,25,26,27). The van der Waals surface area contributed by atoms with Crippen LogP contribution in [0.1, 0.15) is 28.5 Å². The lowest BCUT2D eigenvalue weighted by atomic mass is 10.1. The summed E-state index contributed by atoms with van der Waals surface area (Å²) in [5.41, 5.74) is 8.87. The molecule has 2 aromatic carbocycles. The molecule has 4 rings (SSSR count). The molecule has 0 spiro atoms. The van der Waals surface area contributed by atoms with Crippen molar-refractivity contribution in [2.75, 3.05) is 11.9 Å². The maximum absolute atomic E-state index is 11.8. The van der Waals surface area contributed by atoms with Gasteiger partial charge in [0.05, 0.1) is 18.3 Å². The third kappa shape index (κ3) is 3.69. The molecular weight excluding hydrogens is 378 g/mol. The number of primary amides is 1. The SMILES string of the molecule is CCOc1cnc(-n2c(C)cc3c(C(N)=O)cccc32)nc1NCc1ccccc1. The number of amides is 1. The van der Waals surface area contributed by atoms with Gasteiger partial charge in [-0.15, -0.1) is 0 Å². The summed E-state index contributed by atoms with van der Waals surface area (Å²) < 4.78 is 7.62. The number of anilines is 1. The van der Waals surface area contributed by atoms with Crippen LogP contribution in [0.5, 0.6) is 5.75 Å². The zero-order chi connectivity index (χ0) is 21.1. The Morgan fingerprint density at radius 3 is 2.70 bits per heavy atom. The summed E-state index contributed by atoms with van der Waals surface area (Å²) >= 11 is 0. The van der Waals surface area contributed by atoms with Crippen LogP contribution in [0, 0.1) is 6.92 Å². The van der Waals surface area contributed by atoms with Gasteiger partial charge < -0.3 is 15.8 Å². The van der Waals surface area contributed by atoms with Crippen LogP contribution in [-0.2, 0) is 6.54 Å². The molecule has 2 aromatic heterocycles. The van der Waals surface area contributed by atoms with Gasteiger partial charge in [0.15, 0.2) is 11.6 Å². The zero-order valence-corrected chi connectivity index (χ0v) is 16.9. The second kappa shape index (κ2) is 8.24. The van der Waals surface area contributed by atoms with E-state index in [9.17, 15) is 4.79 Å². The van der Waals surface area contributed by atoms with Crippen LogP contribution in [0.4, 0.5) is 5.82 Å². The Hall–Kier alpha value is -3.87. The van der Waals surface area contributed by atoms with Gasteiger partial charge in [0.2, 0.25) is 11.9 Å². The van der Waals surface area contributed by atoms with E-state index >= 15 is 0 Å². The van der Waals surface area contributed by atoms with Crippen LogP contribution in [-0.4, -0.2) is 27.0 Å². The fourth-order valence-electron chi connectivity index (χ4n) is 3.48. The molecule has 0 saturated heterocycles. The highest BCUT2D eigenvalue weighted by atomic mass is 16.5. The van der Waals surface area contributed by atoms with Crippen molar-refractivity contribution in [1.82, 2.24) is 14.5 Å². The number of aryl methyl sites for hydroxylation is 1. The molecule has 0 aliphatic carbocycles. The van der Waals surface area contributed by atoms with Gasteiger partial charge in [-0.1, -0.05) is 36.4 Å². The number of hydrogen-bond acceptors (Lipinski definition) is 5. The van der Waals surface area contributed by atoms with Crippen LogP contribution < -0.4 is 15.8 Å². The summed E-state index contributed by atoms with van der Waals surface area (Å²) in [6, 6.07) is 17.4. The molecule has 2 heterocycles. The van der Waals surface area contributed by atoms with Gasteiger partial charge in [-0.05, 0) is 37.6 Å². The van der Waals surface area contributed by atoms with E-state index in [-0.39, 0.29) is 0 Å². The average molecular weight is 401 g/mol. The molecule has 3 N–H and O–H groups in total. The number of nitrogens with two attached hydrogens (primary N) is 1. The summed E-state index contributed by atoms with van der Waals surface area (Å²) in [7, 11) is 0. The highest BCUT2D eigenvalue weighted by molar-refractivity contribution is 6.06. The maximum atomic E-state index is 11.8. The predicted molar refractivity (Wildman–Crippen MR) is 117 cm³/mol. The monoisotopic (exact) mass is 401 g/mol. The second-order valence-corrected chi connectivity index (χ2v) is 6.88. The van der Waals surface area contributed by atoms with Crippen molar-refractivity contribution in [3.63, 3.8) is 0 Å². The molecular formula is C23H23N5O2. The minimum Gasteiger partial charge on any atom is -0.488 e. The number of nitrogens with zero attached hydrogens (tertiary/aromatic N) is 3. The number of rotatable bonds is 7. The van der Waals surface area contributed by atoms with Crippen molar-refractivity contribution in [3.8, 4) is 11.7 Å². The number of aromatic nitrogens is 3. The van der Waals surface area contributed by atoms with E-state index in [2.05, 4.69) is 10.3 Å². The summed E-state index contributed by atoms with van der Waals surface area (Å²) in [5.74, 6) is 1.22. The fourth-order valence-corrected chi connectivity index (χ4v) is 3.48. The zero-order valence-electron chi connectivity index (χ0n) is 16.9. The Morgan fingerprint density at radius 2 is 1.97 bits per heavy atom. The molecule has 0 bridgehead atoms. The molecule has 0 fully saturated rings. The van der Waals surface area contributed by atoms with Gasteiger partial charge in [-0.3, -0.25) is 9.36 Å². The Labute approximate surface area is 174 Å². The Morgan fingerprint density at radius 1 is 1.17 bits per heavy atom. The number of hydrogen-bond donors (Lipinski definition) is 2. The van der Waals surface area contributed by atoms with E-state index in [1.54, 1.807) is 12.3 Å². The van der Waals surface area contributed by atoms with Crippen LogP contribution >= 0.6 is 0 Å². The minimum absolute atomic E-state index is 0.462. The van der Waals surface area contributed by atoms with E-state index in [4.69, 9.17) is 15.5 Å². The smallest absolute Gasteiger partial charge is 0.249 e. The van der Waals surface area contributed by atoms with Crippen molar-refractivity contribution in [2.24, 2.45) is 5.73 Å². The van der Waals surface area contributed by atoms with Gasteiger partial charge in [-0.2, -0.15) is 4.98 Å². The molecule has 0 aliphatic rings. The Balaban J connectivity index is 1.77. The van der Waals surface area contributed by atoms with E-state index in [0.29, 0.717) is 36.2 Å². The topological polar surface area (TPSA) is 95.1 Å². The first-order chi connectivity index (χ1) is 14.6. The summed E-state index contributed by atoms with van der Waals surface area (Å²) in [6.07, 6.45) is 1.67. The largest absolute Gasteiger partial charge is 0.488 e. The van der Waals surface area contributed by atoms with Gasteiger partial charge in [-0.25, -0.2) is 4.98 Å². The van der Waals surface area contributed by atoms with Crippen molar-refractivity contribution in [1.29, 1.82) is 0 Å². The number of carbonyl (C=O) groups excluding carboxylic acids is 1. The van der Waals surface area contributed by atoms with Crippen LogP contribution in [0.2, 0.25) is 0 Å².